The maximum Gasteiger partial charge on any atom is 0.251 e. The first-order valence-electron chi connectivity index (χ1n) is 7.61. The summed E-state index contributed by atoms with van der Waals surface area (Å²) in [4.78, 5) is 24.8. The number of para-hydroxylation sites is 1. The van der Waals surface area contributed by atoms with Gasteiger partial charge in [0.1, 0.15) is 6.54 Å². The summed E-state index contributed by atoms with van der Waals surface area (Å²) in [6.45, 7) is 3.79. The van der Waals surface area contributed by atoms with Gasteiger partial charge in [-0.2, -0.15) is 0 Å². The zero-order valence-electron chi connectivity index (χ0n) is 13.5. The number of benzene rings is 2. The van der Waals surface area contributed by atoms with Crippen molar-refractivity contribution in [2.75, 3.05) is 5.32 Å². The zero-order valence-corrected chi connectivity index (χ0v) is 14.2. The third-order valence-corrected chi connectivity index (χ3v) is 4.18. The van der Waals surface area contributed by atoms with Gasteiger partial charge in [0.15, 0.2) is 0 Å². The van der Waals surface area contributed by atoms with Crippen molar-refractivity contribution in [3.63, 3.8) is 0 Å². The van der Waals surface area contributed by atoms with E-state index in [0.717, 1.165) is 22.0 Å². The van der Waals surface area contributed by atoms with Crippen LogP contribution in [0.1, 0.15) is 11.1 Å². The molecule has 1 aromatic heterocycles. The summed E-state index contributed by atoms with van der Waals surface area (Å²) in [6, 6.07) is 14.3. The van der Waals surface area contributed by atoms with Gasteiger partial charge in [-0.25, -0.2) is 0 Å². The van der Waals surface area contributed by atoms with Crippen LogP contribution in [0.4, 0.5) is 5.69 Å². The number of halogens is 1. The van der Waals surface area contributed by atoms with E-state index in [0.29, 0.717) is 10.7 Å². The smallest absolute Gasteiger partial charge is 0.251 e. The van der Waals surface area contributed by atoms with Crippen LogP contribution in [0.25, 0.3) is 10.9 Å². The number of amides is 1. The number of hydrogen-bond acceptors (Lipinski definition) is 2. The number of nitrogens with one attached hydrogen (secondary N) is 1. The highest BCUT2D eigenvalue weighted by molar-refractivity contribution is 6.30. The van der Waals surface area contributed by atoms with Crippen molar-refractivity contribution in [1.82, 2.24) is 4.57 Å². The van der Waals surface area contributed by atoms with Crippen molar-refractivity contribution in [2.45, 2.75) is 20.4 Å². The zero-order chi connectivity index (χ0) is 17.3. The van der Waals surface area contributed by atoms with E-state index in [-0.39, 0.29) is 18.0 Å². The van der Waals surface area contributed by atoms with Crippen LogP contribution in [0.5, 0.6) is 0 Å². The van der Waals surface area contributed by atoms with Crippen LogP contribution in [0, 0.1) is 13.8 Å². The highest BCUT2D eigenvalue weighted by atomic mass is 35.5. The lowest BCUT2D eigenvalue weighted by molar-refractivity contribution is -0.116. The molecule has 5 heteroatoms. The van der Waals surface area contributed by atoms with Crippen LogP contribution < -0.4 is 10.9 Å². The molecule has 2 aromatic carbocycles. The van der Waals surface area contributed by atoms with Gasteiger partial charge in [-0.3, -0.25) is 14.2 Å². The predicted octanol–water partition coefficient (Wildman–Crippen LogP) is 3.91. The number of carbonyl (C=O) groups excluding carboxylic acids is 1. The van der Waals surface area contributed by atoms with Crippen LogP contribution in [0.15, 0.2) is 53.3 Å². The van der Waals surface area contributed by atoms with Gasteiger partial charge in [0.2, 0.25) is 5.91 Å². The van der Waals surface area contributed by atoms with Crippen LogP contribution in [-0.2, 0) is 11.3 Å². The first-order valence-corrected chi connectivity index (χ1v) is 7.98. The molecule has 0 atom stereocenters. The Morgan fingerprint density at radius 1 is 1.08 bits per heavy atom. The average Bonchev–Trinajstić information content (AvgIpc) is 2.51. The van der Waals surface area contributed by atoms with E-state index in [4.69, 9.17) is 11.6 Å². The highest BCUT2D eigenvalue weighted by Gasteiger charge is 2.12. The number of anilines is 1. The molecule has 0 fully saturated rings. The number of aryl methyl sites for hydroxylation is 2. The third kappa shape index (κ3) is 3.19. The summed E-state index contributed by atoms with van der Waals surface area (Å²) in [5.74, 6) is -0.271. The minimum Gasteiger partial charge on any atom is -0.324 e. The molecule has 0 radical (unpaired) electrons. The van der Waals surface area contributed by atoms with Gasteiger partial charge in [-0.15, -0.1) is 0 Å². The number of rotatable bonds is 3. The van der Waals surface area contributed by atoms with Gasteiger partial charge < -0.3 is 5.32 Å². The molecule has 0 bridgehead atoms. The van der Waals surface area contributed by atoms with E-state index in [1.165, 1.54) is 4.57 Å². The molecule has 1 amide bonds. The molecule has 0 unspecified atom stereocenters. The summed E-state index contributed by atoms with van der Waals surface area (Å²) in [6.07, 6.45) is 0. The molecule has 3 aromatic rings. The summed E-state index contributed by atoms with van der Waals surface area (Å²) < 4.78 is 1.51. The van der Waals surface area contributed by atoms with Gasteiger partial charge in [0.25, 0.3) is 5.56 Å². The minimum absolute atomic E-state index is 0.0486. The molecule has 1 heterocycles. The van der Waals surface area contributed by atoms with E-state index in [1.807, 2.05) is 32.0 Å². The van der Waals surface area contributed by atoms with Crippen molar-refractivity contribution < 1.29 is 4.79 Å². The standard InChI is InChI=1S/C19H17ClN2O2/c1-12-5-3-8-16-13(2)9-18(24)22(19(12)16)11-17(23)21-15-7-4-6-14(20)10-15/h3-10H,11H2,1-2H3,(H,21,23). The van der Waals surface area contributed by atoms with Crippen LogP contribution in [-0.4, -0.2) is 10.5 Å². The van der Waals surface area contributed by atoms with Crippen molar-refractivity contribution in [1.29, 1.82) is 0 Å². The van der Waals surface area contributed by atoms with Crippen molar-refractivity contribution >= 4 is 34.1 Å². The fourth-order valence-corrected chi connectivity index (χ4v) is 3.04. The summed E-state index contributed by atoms with van der Waals surface area (Å²) in [5, 5.41) is 4.29. The Kier molecular flexibility index (Phi) is 4.40. The SMILES string of the molecule is Cc1cc(=O)n(CC(=O)Nc2cccc(Cl)c2)c2c(C)cccc12. The quantitative estimate of drug-likeness (QED) is 0.786. The average molecular weight is 341 g/mol. The molecule has 3 rings (SSSR count). The fourth-order valence-electron chi connectivity index (χ4n) is 2.85. The Balaban J connectivity index is 1.98. The first-order chi connectivity index (χ1) is 11.5. The monoisotopic (exact) mass is 340 g/mol. The second kappa shape index (κ2) is 6.49. The molecule has 0 spiro atoms. The highest BCUT2D eigenvalue weighted by Crippen LogP contribution is 2.20. The lowest BCUT2D eigenvalue weighted by Crippen LogP contribution is -2.28. The minimum atomic E-state index is -0.271. The van der Waals surface area contributed by atoms with E-state index in [2.05, 4.69) is 5.32 Å². The lowest BCUT2D eigenvalue weighted by Gasteiger charge is -2.14. The number of nitrogens with zero attached hydrogens (tertiary/aromatic N) is 1. The Morgan fingerprint density at radius 3 is 2.58 bits per heavy atom. The molecule has 122 valence electrons. The molecule has 1 N–H and O–H groups in total. The third-order valence-electron chi connectivity index (χ3n) is 3.95. The van der Waals surface area contributed by atoms with E-state index in [1.54, 1.807) is 30.3 Å². The molecule has 0 aliphatic rings. The van der Waals surface area contributed by atoms with Gasteiger partial charge in [0, 0.05) is 22.2 Å². The number of fused-ring (bicyclic) bond motifs is 1. The van der Waals surface area contributed by atoms with Crippen LogP contribution in [0.2, 0.25) is 5.02 Å². The topological polar surface area (TPSA) is 51.1 Å². The Hall–Kier alpha value is -2.59. The first kappa shape index (κ1) is 16.3. The molecule has 0 saturated heterocycles. The Morgan fingerprint density at radius 2 is 1.83 bits per heavy atom. The normalized spacial score (nSPS) is 10.8. The van der Waals surface area contributed by atoms with Crippen molar-refractivity contribution in [3.8, 4) is 0 Å². The van der Waals surface area contributed by atoms with E-state index >= 15 is 0 Å². The maximum absolute atomic E-state index is 12.4. The van der Waals surface area contributed by atoms with Crippen molar-refractivity contribution in [3.05, 3.63) is 75.0 Å². The summed E-state index contributed by atoms with van der Waals surface area (Å²) in [5.41, 5.74) is 3.09. The van der Waals surface area contributed by atoms with E-state index < -0.39 is 0 Å². The Bertz CT molecular complexity index is 992. The number of hydrogen-bond donors (Lipinski definition) is 1. The van der Waals surface area contributed by atoms with Gasteiger partial charge in [-0.05, 0) is 43.2 Å². The van der Waals surface area contributed by atoms with Crippen LogP contribution in [0.3, 0.4) is 0 Å². The summed E-state index contributed by atoms with van der Waals surface area (Å²) in [7, 11) is 0. The second-order valence-corrected chi connectivity index (χ2v) is 6.22. The number of pyridine rings is 1. The van der Waals surface area contributed by atoms with Crippen molar-refractivity contribution in [2.24, 2.45) is 0 Å². The van der Waals surface area contributed by atoms with E-state index in [9.17, 15) is 9.59 Å². The predicted molar refractivity (Wildman–Crippen MR) is 97.8 cm³/mol. The molecule has 0 aliphatic carbocycles. The molecule has 24 heavy (non-hydrogen) atoms. The fraction of sp³-hybridized carbons (Fsp3) is 0.158. The molecular weight excluding hydrogens is 324 g/mol. The summed E-state index contributed by atoms with van der Waals surface area (Å²) >= 11 is 5.92. The number of carbonyl (C=O) groups is 1. The lowest BCUT2D eigenvalue weighted by atomic mass is 10.1. The van der Waals surface area contributed by atoms with Gasteiger partial charge in [0.05, 0.1) is 5.52 Å². The second-order valence-electron chi connectivity index (χ2n) is 5.78. The molecule has 4 nitrogen and oxygen atoms in total. The largest absolute Gasteiger partial charge is 0.324 e. The Labute approximate surface area is 144 Å². The molecule has 0 saturated carbocycles. The maximum atomic E-state index is 12.4. The van der Waals surface area contributed by atoms with Crippen LogP contribution >= 0.6 is 11.6 Å². The van der Waals surface area contributed by atoms with Gasteiger partial charge in [-0.1, -0.05) is 35.9 Å². The number of aromatic nitrogens is 1. The molecule has 0 aliphatic heterocycles. The molecular formula is C19H17ClN2O2. The van der Waals surface area contributed by atoms with Gasteiger partial charge >= 0.3 is 0 Å².